The fraction of sp³-hybridized carbons (Fsp3) is 1.00. The van der Waals surface area contributed by atoms with E-state index in [4.69, 9.17) is 15.3 Å². The number of hydrogen-bond acceptors (Lipinski definition) is 4. The zero-order valence-electron chi connectivity index (χ0n) is 9.21. The SMILES string of the molecule is CCOCC(NN)C1(C)CCCCO1. The van der Waals surface area contributed by atoms with E-state index in [0.717, 1.165) is 19.4 Å². The standard InChI is InChI=1S/C10H22N2O2/c1-3-13-8-9(12-11)10(2)6-4-5-7-14-10/h9,12H,3-8,11H2,1-2H3. The predicted molar refractivity (Wildman–Crippen MR) is 55.8 cm³/mol. The third-order valence-electron chi connectivity index (χ3n) is 2.93. The van der Waals surface area contributed by atoms with Crippen molar-refractivity contribution in [3.8, 4) is 0 Å². The average Bonchev–Trinajstić information content (AvgIpc) is 2.20. The Labute approximate surface area is 86.1 Å². The maximum Gasteiger partial charge on any atom is 0.0842 e. The second kappa shape index (κ2) is 5.66. The minimum absolute atomic E-state index is 0.0859. The van der Waals surface area contributed by atoms with Gasteiger partial charge in [-0.25, -0.2) is 0 Å². The Morgan fingerprint density at radius 2 is 2.36 bits per heavy atom. The number of ether oxygens (including phenoxy) is 2. The molecule has 0 saturated carbocycles. The summed E-state index contributed by atoms with van der Waals surface area (Å²) in [5, 5.41) is 0. The molecule has 0 aromatic rings. The Kier molecular flexibility index (Phi) is 4.81. The van der Waals surface area contributed by atoms with Crippen molar-refractivity contribution in [1.29, 1.82) is 0 Å². The third kappa shape index (κ3) is 2.92. The molecule has 14 heavy (non-hydrogen) atoms. The molecular formula is C10H22N2O2. The van der Waals surface area contributed by atoms with Gasteiger partial charge in [0, 0.05) is 13.2 Å². The molecule has 2 atom stereocenters. The van der Waals surface area contributed by atoms with Crippen molar-refractivity contribution >= 4 is 0 Å². The van der Waals surface area contributed by atoms with E-state index in [1.54, 1.807) is 0 Å². The highest BCUT2D eigenvalue weighted by molar-refractivity contribution is 4.90. The van der Waals surface area contributed by atoms with Crippen LogP contribution in [0.2, 0.25) is 0 Å². The molecule has 1 fully saturated rings. The highest BCUT2D eigenvalue weighted by Crippen LogP contribution is 2.27. The summed E-state index contributed by atoms with van der Waals surface area (Å²) in [7, 11) is 0. The summed E-state index contributed by atoms with van der Waals surface area (Å²) in [5.41, 5.74) is 2.63. The molecular weight excluding hydrogens is 180 g/mol. The van der Waals surface area contributed by atoms with Crippen LogP contribution in [0.4, 0.5) is 0 Å². The number of nitrogens with two attached hydrogens (primary N) is 1. The van der Waals surface area contributed by atoms with E-state index in [1.165, 1.54) is 6.42 Å². The first-order valence-corrected chi connectivity index (χ1v) is 5.41. The normalized spacial score (nSPS) is 30.2. The zero-order chi connectivity index (χ0) is 10.4. The van der Waals surface area contributed by atoms with Crippen molar-refractivity contribution < 1.29 is 9.47 Å². The van der Waals surface area contributed by atoms with E-state index in [0.29, 0.717) is 13.2 Å². The quantitative estimate of drug-likeness (QED) is 0.512. The lowest BCUT2D eigenvalue weighted by Gasteiger charge is -2.40. The maximum atomic E-state index is 5.79. The summed E-state index contributed by atoms with van der Waals surface area (Å²) in [4.78, 5) is 0. The molecule has 0 aromatic carbocycles. The number of nitrogens with one attached hydrogen (secondary N) is 1. The van der Waals surface area contributed by atoms with Gasteiger partial charge in [0.15, 0.2) is 0 Å². The van der Waals surface area contributed by atoms with Gasteiger partial charge < -0.3 is 9.47 Å². The molecule has 2 unspecified atom stereocenters. The second-order valence-electron chi connectivity index (χ2n) is 4.00. The Morgan fingerprint density at radius 3 is 2.86 bits per heavy atom. The minimum Gasteiger partial charge on any atom is -0.380 e. The van der Waals surface area contributed by atoms with Crippen LogP contribution < -0.4 is 11.3 Å². The van der Waals surface area contributed by atoms with Crippen LogP contribution in [0, 0.1) is 0 Å². The molecule has 0 amide bonds. The van der Waals surface area contributed by atoms with Gasteiger partial charge in [-0.3, -0.25) is 11.3 Å². The lowest BCUT2D eigenvalue weighted by Crippen LogP contribution is -2.56. The first kappa shape index (κ1) is 11.9. The highest BCUT2D eigenvalue weighted by Gasteiger charge is 2.36. The number of hydrogen-bond donors (Lipinski definition) is 2. The fourth-order valence-corrected chi connectivity index (χ4v) is 1.87. The Balaban J connectivity index is 2.47. The Bertz CT molecular complexity index is 158. The second-order valence-corrected chi connectivity index (χ2v) is 4.00. The largest absolute Gasteiger partial charge is 0.380 e. The van der Waals surface area contributed by atoms with Gasteiger partial charge in [0.2, 0.25) is 0 Å². The van der Waals surface area contributed by atoms with E-state index < -0.39 is 0 Å². The molecule has 0 aliphatic carbocycles. The molecule has 1 aliphatic rings. The molecule has 1 aliphatic heterocycles. The third-order valence-corrected chi connectivity index (χ3v) is 2.93. The highest BCUT2D eigenvalue weighted by atomic mass is 16.5. The van der Waals surface area contributed by atoms with Crippen molar-refractivity contribution in [3.05, 3.63) is 0 Å². The first-order valence-electron chi connectivity index (χ1n) is 5.41. The van der Waals surface area contributed by atoms with Gasteiger partial charge in [0.1, 0.15) is 0 Å². The van der Waals surface area contributed by atoms with Crippen LogP contribution in [0.3, 0.4) is 0 Å². The smallest absolute Gasteiger partial charge is 0.0842 e. The molecule has 1 rings (SSSR count). The van der Waals surface area contributed by atoms with Crippen LogP contribution in [-0.2, 0) is 9.47 Å². The van der Waals surface area contributed by atoms with Crippen molar-refractivity contribution in [3.63, 3.8) is 0 Å². The summed E-state index contributed by atoms with van der Waals surface area (Å²) in [6, 6.07) is 0.0859. The summed E-state index contributed by atoms with van der Waals surface area (Å²) >= 11 is 0. The average molecular weight is 202 g/mol. The van der Waals surface area contributed by atoms with Crippen molar-refractivity contribution in [1.82, 2.24) is 5.43 Å². The van der Waals surface area contributed by atoms with Gasteiger partial charge in [-0.15, -0.1) is 0 Å². The summed E-state index contributed by atoms with van der Waals surface area (Å²) in [6.07, 6.45) is 3.41. The van der Waals surface area contributed by atoms with E-state index in [9.17, 15) is 0 Å². The van der Waals surface area contributed by atoms with Crippen LogP contribution in [0.25, 0.3) is 0 Å². The molecule has 0 bridgehead atoms. The van der Waals surface area contributed by atoms with Gasteiger partial charge in [0.05, 0.1) is 18.2 Å². The number of rotatable bonds is 5. The van der Waals surface area contributed by atoms with Crippen LogP contribution in [0.1, 0.15) is 33.1 Å². The van der Waals surface area contributed by atoms with E-state index in [1.807, 2.05) is 6.92 Å². The van der Waals surface area contributed by atoms with E-state index in [2.05, 4.69) is 12.3 Å². The summed E-state index contributed by atoms with van der Waals surface area (Å²) < 4.78 is 11.2. The van der Waals surface area contributed by atoms with Crippen LogP contribution in [0.15, 0.2) is 0 Å². The number of hydrazine groups is 1. The topological polar surface area (TPSA) is 56.5 Å². The van der Waals surface area contributed by atoms with Crippen molar-refractivity contribution in [2.45, 2.75) is 44.8 Å². The Morgan fingerprint density at radius 1 is 1.57 bits per heavy atom. The molecule has 84 valence electrons. The maximum absolute atomic E-state index is 5.79. The molecule has 1 saturated heterocycles. The van der Waals surface area contributed by atoms with Gasteiger partial charge in [0.25, 0.3) is 0 Å². The lowest BCUT2D eigenvalue weighted by atomic mass is 9.89. The molecule has 0 radical (unpaired) electrons. The molecule has 1 heterocycles. The van der Waals surface area contributed by atoms with Crippen LogP contribution in [-0.4, -0.2) is 31.5 Å². The lowest BCUT2D eigenvalue weighted by molar-refractivity contribution is -0.103. The van der Waals surface area contributed by atoms with Crippen molar-refractivity contribution in [2.75, 3.05) is 19.8 Å². The molecule has 3 N–H and O–H groups in total. The molecule has 4 nitrogen and oxygen atoms in total. The molecule has 0 spiro atoms. The van der Waals surface area contributed by atoms with Crippen LogP contribution >= 0.6 is 0 Å². The molecule has 4 heteroatoms. The fourth-order valence-electron chi connectivity index (χ4n) is 1.87. The summed E-state index contributed by atoms with van der Waals surface area (Å²) in [6.45, 7) is 6.26. The molecule has 0 aromatic heterocycles. The van der Waals surface area contributed by atoms with E-state index >= 15 is 0 Å². The van der Waals surface area contributed by atoms with Gasteiger partial charge in [-0.05, 0) is 33.1 Å². The van der Waals surface area contributed by atoms with Crippen molar-refractivity contribution in [2.24, 2.45) is 5.84 Å². The van der Waals surface area contributed by atoms with E-state index in [-0.39, 0.29) is 11.6 Å². The van der Waals surface area contributed by atoms with Crippen LogP contribution in [0.5, 0.6) is 0 Å². The zero-order valence-corrected chi connectivity index (χ0v) is 9.21. The minimum atomic E-state index is -0.165. The first-order chi connectivity index (χ1) is 6.73. The predicted octanol–water partition coefficient (Wildman–Crippen LogP) is 0.814. The monoisotopic (exact) mass is 202 g/mol. The van der Waals surface area contributed by atoms with Gasteiger partial charge in [-0.2, -0.15) is 0 Å². The van der Waals surface area contributed by atoms with Gasteiger partial charge in [-0.1, -0.05) is 0 Å². The summed E-state index contributed by atoms with van der Waals surface area (Å²) in [5.74, 6) is 5.52. The van der Waals surface area contributed by atoms with Gasteiger partial charge >= 0.3 is 0 Å². The Hall–Kier alpha value is -0.160.